The molecule has 1 N–H and O–H groups in total. The number of carbonyl (C=O) groups is 2. The zero-order chi connectivity index (χ0) is 17.2. The molecule has 8 heteroatoms. The zero-order valence-electron chi connectivity index (χ0n) is 13.2. The monoisotopic (exact) mass is 400 g/mol. The number of hydrogen-bond donors (Lipinski definition) is 1. The van der Waals surface area contributed by atoms with Gasteiger partial charge in [0.2, 0.25) is 0 Å². The molecule has 23 heavy (non-hydrogen) atoms. The van der Waals surface area contributed by atoms with Gasteiger partial charge in [-0.3, -0.25) is 10.3 Å². The van der Waals surface area contributed by atoms with Crippen molar-refractivity contribution in [1.29, 1.82) is 0 Å². The van der Waals surface area contributed by atoms with Crippen molar-refractivity contribution >= 4 is 55.2 Å². The number of pyridine rings is 1. The molecule has 0 bridgehead atoms. The summed E-state index contributed by atoms with van der Waals surface area (Å²) in [5, 5.41) is 3.27. The minimum absolute atomic E-state index is 0.285. The van der Waals surface area contributed by atoms with E-state index >= 15 is 0 Å². The Balaban J connectivity index is 2.46. The molecule has 0 spiro atoms. The normalized spacial score (nSPS) is 11.3. The van der Waals surface area contributed by atoms with E-state index in [4.69, 9.17) is 9.47 Å². The van der Waals surface area contributed by atoms with Gasteiger partial charge in [-0.25, -0.2) is 9.59 Å². The number of alkyl halides is 1. The average Bonchev–Trinajstić information content (AvgIpc) is 2.82. The first-order valence-corrected chi connectivity index (χ1v) is 8.74. The van der Waals surface area contributed by atoms with E-state index in [2.05, 4.69) is 26.2 Å². The molecule has 6 nitrogen and oxygen atoms in total. The topological polar surface area (TPSA) is 77.5 Å². The van der Waals surface area contributed by atoms with Crippen LogP contribution in [0.3, 0.4) is 0 Å². The number of halogens is 1. The van der Waals surface area contributed by atoms with Crippen molar-refractivity contribution in [2.45, 2.75) is 31.7 Å². The second kappa shape index (κ2) is 6.84. The van der Waals surface area contributed by atoms with Crippen LogP contribution in [0.1, 0.15) is 36.0 Å². The first kappa shape index (κ1) is 17.7. The predicted octanol–water partition coefficient (Wildman–Crippen LogP) is 4.32. The second-order valence-electron chi connectivity index (χ2n) is 5.75. The number of amides is 1. The predicted molar refractivity (Wildman–Crippen MR) is 93.4 cm³/mol. The molecule has 2 aromatic heterocycles. The van der Waals surface area contributed by atoms with E-state index in [0.29, 0.717) is 16.5 Å². The summed E-state index contributed by atoms with van der Waals surface area (Å²) in [5.74, 6) is -0.528. The molecule has 0 unspecified atom stereocenters. The van der Waals surface area contributed by atoms with Crippen LogP contribution in [0.25, 0.3) is 10.2 Å². The van der Waals surface area contributed by atoms with Gasteiger partial charge in [0.05, 0.1) is 17.5 Å². The molecule has 0 aliphatic rings. The lowest BCUT2D eigenvalue weighted by atomic mass is 10.2. The Kier molecular flexibility index (Phi) is 5.26. The van der Waals surface area contributed by atoms with Crippen molar-refractivity contribution < 1.29 is 19.1 Å². The van der Waals surface area contributed by atoms with Crippen LogP contribution in [0.2, 0.25) is 0 Å². The molecule has 0 aliphatic carbocycles. The van der Waals surface area contributed by atoms with Crippen LogP contribution >= 0.6 is 27.3 Å². The van der Waals surface area contributed by atoms with Crippen LogP contribution in [0.4, 0.5) is 10.5 Å². The zero-order valence-corrected chi connectivity index (χ0v) is 15.6. The average molecular weight is 401 g/mol. The van der Waals surface area contributed by atoms with E-state index in [1.807, 2.05) is 6.07 Å². The fraction of sp³-hybridized carbons (Fsp3) is 0.400. The number of carbonyl (C=O) groups excluding carboxylic acids is 2. The number of fused-ring (bicyclic) bond motifs is 1. The van der Waals surface area contributed by atoms with Crippen molar-refractivity contribution in [3.63, 3.8) is 0 Å². The number of aromatic nitrogens is 1. The third-order valence-electron chi connectivity index (χ3n) is 2.74. The Bertz CT molecular complexity index is 752. The Morgan fingerprint density at radius 2 is 2.09 bits per heavy atom. The maximum atomic E-state index is 12.0. The van der Waals surface area contributed by atoms with Crippen LogP contribution in [-0.4, -0.2) is 29.8 Å². The summed E-state index contributed by atoms with van der Waals surface area (Å²) < 4.78 is 10.8. The number of hydrogen-bond acceptors (Lipinski definition) is 6. The Labute approximate surface area is 146 Å². The summed E-state index contributed by atoms with van der Waals surface area (Å²) in [6.07, 6.45) is 1.04. The number of methoxy groups -OCH3 is 1. The highest BCUT2D eigenvalue weighted by Crippen LogP contribution is 2.36. The van der Waals surface area contributed by atoms with Crippen molar-refractivity contribution in [1.82, 2.24) is 4.98 Å². The van der Waals surface area contributed by atoms with Gasteiger partial charge in [0, 0.05) is 11.5 Å². The minimum Gasteiger partial charge on any atom is -0.465 e. The molecular weight excluding hydrogens is 384 g/mol. The quantitative estimate of drug-likeness (QED) is 0.612. The third kappa shape index (κ3) is 4.20. The Hall–Kier alpha value is -1.67. The fourth-order valence-corrected chi connectivity index (χ4v) is 3.26. The Morgan fingerprint density at radius 3 is 2.65 bits per heavy atom. The van der Waals surface area contributed by atoms with Gasteiger partial charge in [-0.15, -0.1) is 11.3 Å². The SMILES string of the molecule is COC(=O)c1sc2cc(CBr)cnc2c1NC(=O)OC(C)(C)C. The highest BCUT2D eigenvalue weighted by atomic mass is 79.9. The summed E-state index contributed by atoms with van der Waals surface area (Å²) in [7, 11) is 1.29. The molecule has 0 aliphatic heterocycles. The Morgan fingerprint density at radius 1 is 1.39 bits per heavy atom. The summed E-state index contributed by atoms with van der Waals surface area (Å²) in [6, 6.07) is 1.91. The van der Waals surface area contributed by atoms with Gasteiger partial charge in [0.15, 0.2) is 0 Å². The number of esters is 1. The van der Waals surface area contributed by atoms with Gasteiger partial charge < -0.3 is 9.47 Å². The van der Waals surface area contributed by atoms with E-state index in [1.165, 1.54) is 18.4 Å². The van der Waals surface area contributed by atoms with Gasteiger partial charge in [0.25, 0.3) is 0 Å². The standard InChI is InChI=1S/C15H17BrN2O4S/c1-15(2,3)22-14(20)18-11-10-9(5-8(6-16)7-17-10)23-12(11)13(19)21-4/h5,7H,6H2,1-4H3,(H,18,20). The van der Waals surface area contributed by atoms with Crippen molar-refractivity contribution in [2.24, 2.45) is 0 Å². The number of thiophene rings is 1. The highest BCUT2D eigenvalue weighted by molar-refractivity contribution is 9.08. The van der Waals surface area contributed by atoms with E-state index in [-0.39, 0.29) is 4.88 Å². The van der Waals surface area contributed by atoms with Gasteiger partial charge in [-0.1, -0.05) is 15.9 Å². The molecule has 0 radical (unpaired) electrons. The molecule has 0 atom stereocenters. The van der Waals surface area contributed by atoms with Crippen LogP contribution in [0.15, 0.2) is 12.3 Å². The number of rotatable bonds is 3. The second-order valence-corrected chi connectivity index (χ2v) is 7.36. The molecule has 2 aromatic rings. The molecule has 0 saturated carbocycles. The van der Waals surface area contributed by atoms with Crippen molar-refractivity contribution in [3.8, 4) is 0 Å². The van der Waals surface area contributed by atoms with Gasteiger partial charge in [-0.05, 0) is 32.4 Å². The molecular formula is C15H17BrN2O4S. The van der Waals surface area contributed by atoms with E-state index in [0.717, 1.165) is 10.3 Å². The lowest BCUT2D eigenvalue weighted by Gasteiger charge is -2.19. The van der Waals surface area contributed by atoms with E-state index in [9.17, 15) is 9.59 Å². The highest BCUT2D eigenvalue weighted by Gasteiger charge is 2.24. The van der Waals surface area contributed by atoms with E-state index < -0.39 is 17.7 Å². The molecule has 0 aromatic carbocycles. The molecule has 0 fully saturated rings. The van der Waals surface area contributed by atoms with Crippen LogP contribution in [0, 0.1) is 0 Å². The maximum absolute atomic E-state index is 12.0. The number of nitrogens with one attached hydrogen (secondary N) is 1. The van der Waals surface area contributed by atoms with Crippen LogP contribution < -0.4 is 5.32 Å². The summed E-state index contributed by atoms with van der Waals surface area (Å²) in [6.45, 7) is 5.29. The first-order chi connectivity index (χ1) is 10.7. The minimum atomic E-state index is -0.645. The molecule has 2 heterocycles. The van der Waals surface area contributed by atoms with Crippen molar-refractivity contribution in [3.05, 3.63) is 22.7 Å². The van der Waals surface area contributed by atoms with Crippen molar-refractivity contribution in [2.75, 3.05) is 12.4 Å². The largest absolute Gasteiger partial charge is 0.465 e. The molecule has 124 valence electrons. The van der Waals surface area contributed by atoms with Crippen LogP contribution in [0.5, 0.6) is 0 Å². The number of nitrogens with zero attached hydrogens (tertiary/aromatic N) is 1. The van der Waals surface area contributed by atoms with Gasteiger partial charge in [-0.2, -0.15) is 0 Å². The lowest BCUT2D eigenvalue weighted by Crippen LogP contribution is -2.27. The van der Waals surface area contributed by atoms with Gasteiger partial charge >= 0.3 is 12.1 Å². The summed E-state index contributed by atoms with van der Waals surface area (Å²) in [5.41, 5.74) is 1.18. The lowest BCUT2D eigenvalue weighted by molar-refractivity contribution is 0.0607. The fourth-order valence-electron chi connectivity index (χ4n) is 1.85. The third-order valence-corrected chi connectivity index (χ3v) is 4.49. The van der Waals surface area contributed by atoms with Crippen LogP contribution in [-0.2, 0) is 14.8 Å². The first-order valence-electron chi connectivity index (χ1n) is 6.81. The maximum Gasteiger partial charge on any atom is 0.412 e. The molecule has 0 saturated heterocycles. The number of anilines is 1. The number of ether oxygens (including phenoxy) is 2. The summed E-state index contributed by atoms with van der Waals surface area (Å²) >= 11 is 4.59. The summed E-state index contributed by atoms with van der Waals surface area (Å²) in [4.78, 5) is 28.7. The molecule has 2 rings (SSSR count). The van der Waals surface area contributed by atoms with Gasteiger partial charge in [0.1, 0.15) is 16.0 Å². The molecule has 1 amide bonds. The van der Waals surface area contributed by atoms with E-state index in [1.54, 1.807) is 27.0 Å². The smallest absolute Gasteiger partial charge is 0.412 e.